The summed E-state index contributed by atoms with van der Waals surface area (Å²) in [6.07, 6.45) is -10.8. The van der Waals surface area contributed by atoms with Gasteiger partial charge in [0.1, 0.15) is 5.57 Å². The van der Waals surface area contributed by atoms with Crippen molar-refractivity contribution in [1.29, 1.82) is 0 Å². The maximum atomic E-state index is 12.8. The third-order valence-electron chi connectivity index (χ3n) is 2.31. The van der Waals surface area contributed by atoms with E-state index in [1.165, 1.54) is 0 Å². The number of halogens is 12. The van der Waals surface area contributed by atoms with Gasteiger partial charge >= 0.3 is 23.9 Å². The summed E-state index contributed by atoms with van der Waals surface area (Å²) in [6.45, 7) is 0. The molecule has 0 nitrogen and oxygen atoms in total. The number of hydrogen-bond donors (Lipinski definition) is 0. The Morgan fingerprint density at radius 1 is 0.800 bits per heavy atom. The maximum absolute atomic E-state index is 12.8. The maximum Gasteiger partial charge on any atom is 0.458 e. The van der Waals surface area contributed by atoms with E-state index in [0.717, 1.165) is 0 Å². The summed E-state index contributed by atoms with van der Waals surface area (Å²) in [5.74, 6) is -23.1. The fourth-order valence-electron chi connectivity index (χ4n) is 1.37. The summed E-state index contributed by atoms with van der Waals surface area (Å²) in [7, 11) is 0. The average molecular weight is 324 g/mol. The van der Waals surface area contributed by atoms with Crippen LogP contribution in [-0.2, 0) is 0 Å². The minimum Gasteiger partial charge on any atom is -0.204 e. The highest BCUT2D eigenvalue weighted by Crippen LogP contribution is 2.61. The molecule has 0 atom stereocenters. The number of hydrogen-bond acceptors (Lipinski definition) is 0. The molecule has 0 spiro atoms. The molecule has 0 bridgehead atoms. The molecule has 1 rings (SSSR count). The molecule has 12 heteroatoms. The lowest BCUT2D eigenvalue weighted by molar-refractivity contribution is -0.264. The largest absolute Gasteiger partial charge is 0.458 e. The molecule has 0 unspecified atom stereocenters. The van der Waals surface area contributed by atoms with Crippen molar-refractivity contribution in [2.45, 2.75) is 23.9 Å². The van der Waals surface area contributed by atoms with E-state index in [4.69, 9.17) is 0 Å². The number of rotatable bonds is 1. The Balaban J connectivity index is 3.76. The zero-order chi connectivity index (χ0) is 16.3. The van der Waals surface area contributed by atoms with Gasteiger partial charge in [-0.2, -0.15) is 48.3 Å². The average Bonchev–Trinajstić information content (AvgIpc) is 2.34. The molecule has 116 valence electrons. The molecule has 0 saturated carbocycles. The Bertz CT molecular complexity index is 486. The van der Waals surface area contributed by atoms with Crippen molar-refractivity contribution in [3.8, 4) is 0 Å². The van der Waals surface area contributed by atoms with E-state index >= 15 is 0 Å². The van der Waals surface area contributed by atoms with Gasteiger partial charge in [0.15, 0.2) is 5.83 Å². The molecule has 0 saturated heterocycles. The zero-order valence-electron chi connectivity index (χ0n) is 8.54. The molecule has 1 aliphatic carbocycles. The van der Waals surface area contributed by atoms with Crippen LogP contribution >= 0.6 is 0 Å². The molecule has 0 fully saturated rings. The molecule has 0 aliphatic heterocycles. The first-order valence-electron chi connectivity index (χ1n) is 4.27. The lowest BCUT2D eigenvalue weighted by Gasteiger charge is -2.22. The summed E-state index contributed by atoms with van der Waals surface area (Å²) in [5.41, 5.74) is -7.43. The highest BCUT2D eigenvalue weighted by molar-refractivity contribution is 5.54. The lowest BCUT2D eigenvalue weighted by Crippen LogP contribution is -2.40. The van der Waals surface area contributed by atoms with E-state index in [1.807, 2.05) is 0 Å². The Morgan fingerprint density at radius 3 is 1.50 bits per heavy atom. The van der Waals surface area contributed by atoms with E-state index in [9.17, 15) is 52.7 Å². The van der Waals surface area contributed by atoms with Crippen LogP contribution < -0.4 is 0 Å². The summed E-state index contributed by atoms with van der Waals surface area (Å²) in [4.78, 5) is 0. The lowest BCUT2D eigenvalue weighted by atomic mass is 10.0. The normalized spacial score (nSPS) is 22.5. The number of allylic oxidation sites excluding steroid dienone is 3. The molecule has 20 heavy (non-hydrogen) atoms. The Kier molecular flexibility index (Phi) is 3.40. The summed E-state index contributed by atoms with van der Waals surface area (Å²) < 4.78 is 149. The minimum atomic E-state index is -6.82. The van der Waals surface area contributed by atoms with Gasteiger partial charge in [0, 0.05) is 0 Å². The van der Waals surface area contributed by atoms with Crippen LogP contribution in [0, 0.1) is 0 Å². The standard InChI is InChI=1S/C8F12/c9-3-1(6(14,15)8(18,19)20)2(4(10)11)5(12,13)7(3,16)17. The predicted octanol–water partition coefficient (Wildman–Crippen LogP) is 4.84. The molecule has 0 aromatic carbocycles. The molecule has 1 aliphatic rings. The molecule has 0 heterocycles. The van der Waals surface area contributed by atoms with Gasteiger partial charge in [0.25, 0.3) is 6.08 Å². The van der Waals surface area contributed by atoms with Gasteiger partial charge in [-0.1, -0.05) is 0 Å². The summed E-state index contributed by atoms with van der Waals surface area (Å²) >= 11 is 0. The van der Waals surface area contributed by atoms with Gasteiger partial charge < -0.3 is 0 Å². The Morgan fingerprint density at radius 2 is 1.20 bits per heavy atom. The quantitative estimate of drug-likeness (QED) is 0.605. The van der Waals surface area contributed by atoms with Crippen molar-refractivity contribution in [1.82, 2.24) is 0 Å². The van der Waals surface area contributed by atoms with Gasteiger partial charge in [0.2, 0.25) is 0 Å². The fourth-order valence-corrected chi connectivity index (χ4v) is 1.37. The SMILES string of the molecule is FC(F)=C1C(C(F)(F)C(F)(F)F)=C(F)C(F)(F)C1(F)F. The second-order valence-electron chi connectivity index (χ2n) is 3.55. The topological polar surface area (TPSA) is 0 Å². The van der Waals surface area contributed by atoms with Gasteiger partial charge in [-0.05, 0) is 0 Å². The van der Waals surface area contributed by atoms with Crippen molar-refractivity contribution in [3.63, 3.8) is 0 Å². The van der Waals surface area contributed by atoms with Crippen LogP contribution in [0.15, 0.2) is 23.1 Å². The second-order valence-corrected chi connectivity index (χ2v) is 3.55. The minimum absolute atomic E-state index is 3.66. The first kappa shape index (κ1) is 16.7. The van der Waals surface area contributed by atoms with Gasteiger partial charge in [0.05, 0.1) is 5.57 Å². The Hall–Kier alpha value is -1.36. The Labute approximate surface area is 101 Å². The van der Waals surface area contributed by atoms with Crippen LogP contribution in [-0.4, -0.2) is 23.9 Å². The number of alkyl halides is 9. The summed E-state index contributed by atoms with van der Waals surface area (Å²) in [6, 6.07) is 0. The highest BCUT2D eigenvalue weighted by Gasteiger charge is 2.77. The van der Waals surface area contributed by atoms with Crippen molar-refractivity contribution in [2.24, 2.45) is 0 Å². The molecular weight excluding hydrogens is 324 g/mol. The van der Waals surface area contributed by atoms with Crippen molar-refractivity contribution in [2.75, 3.05) is 0 Å². The van der Waals surface area contributed by atoms with E-state index < -0.39 is 47.0 Å². The van der Waals surface area contributed by atoms with Crippen LogP contribution in [0.2, 0.25) is 0 Å². The third-order valence-corrected chi connectivity index (χ3v) is 2.31. The van der Waals surface area contributed by atoms with Crippen molar-refractivity contribution < 1.29 is 52.7 Å². The third kappa shape index (κ3) is 1.87. The van der Waals surface area contributed by atoms with Crippen molar-refractivity contribution in [3.05, 3.63) is 23.1 Å². The molecule has 0 radical (unpaired) electrons. The van der Waals surface area contributed by atoms with Gasteiger partial charge in [-0.3, -0.25) is 0 Å². The van der Waals surface area contributed by atoms with E-state index in [2.05, 4.69) is 0 Å². The molecule has 0 amide bonds. The van der Waals surface area contributed by atoms with E-state index in [1.54, 1.807) is 0 Å². The van der Waals surface area contributed by atoms with Crippen molar-refractivity contribution >= 4 is 0 Å². The van der Waals surface area contributed by atoms with Crippen LogP contribution in [0.3, 0.4) is 0 Å². The molecule has 0 aromatic heterocycles. The first-order chi connectivity index (χ1) is 8.60. The van der Waals surface area contributed by atoms with Gasteiger partial charge in [-0.25, -0.2) is 4.39 Å². The zero-order valence-corrected chi connectivity index (χ0v) is 8.54. The smallest absolute Gasteiger partial charge is 0.204 e. The van der Waals surface area contributed by atoms with Crippen LogP contribution in [0.4, 0.5) is 52.7 Å². The summed E-state index contributed by atoms with van der Waals surface area (Å²) in [5, 5.41) is 0. The van der Waals surface area contributed by atoms with E-state index in [0.29, 0.717) is 0 Å². The molecule has 0 N–H and O–H groups in total. The molecule has 0 aromatic rings. The predicted molar refractivity (Wildman–Crippen MR) is 38.3 cm³/mol. The highest BCUT2D eigenvalue weighted by atomic mass is 19.4. The fraction of sp³-hybridized carbons (Fsp3) is 0.500. The molecular formula is C8F12. The van der Waals surface area contributed by atoms with Gasteiger partial charge in [-0.15, -0.1) is 0 Å². The second kappa shape index (κ2) is 4.07. The van der Waals surface area contributed by atoms with Crippen LogP contribution in [0.1, 0.15) is 0 Å². The monoisotopic (exact) mass is 324 g/mol. The van der Waals surface area contributed by atoms with Crippen LogP contribution in [0.25, 0.3) is 0 Å². The first-order valence-corrected chi connectivity index (χ1v) is 4.27. The van der Waals surface area contributed by atoms with E-state index in [-0.39, 0.29) is 0 Å². The van der Waals surface area contributed by atoms with Crippen LogP contribution in [0.5, 0.6) is 0 Å².